The van der Waals surface area contributed by atoms with E-state index in [9.17, 15) is 9.59 Å². The van der Waals surface area contributed by atoms with Gasteiger partial charge in [-0.05, 0) is 32.0 Å². The lowest BCUT2D eigenvalue weighted by Crippen LogP contribution is -2.36. The second-order valence-corrected chi connectivity index (χ2v) is 6.18. The minimum atomic E-state index is -0.603. The number of oxazole rings is 1. The molecule has 1 aromatic carbocycles. The van der Waals surface area contributed by atoms with Crippen LogP contribution in [0.5, 0.6) is 0 Å². The molecule has 0 saturated heterocycles. The zero-order valence-electron chi connectivity index (χ0n) is 13.4. The smallest absolute Gasteiger partial charge is 0.360 e. The Labute approximate surface area is 149 Å². The van der Waals surface area contributed by atoms with Crippen LogP contribution in [0.1, 0.15) is 40.6 Å². The van der Waals surface area contributed by atoms with Crippen LogP contribution in [0.3, 0.4) is 0 Å². The first-order valence-corrected chi connectivity index (χ1v) is 7.87. The molecule has 8 heteroatoms. The Bertz CT molecular complexity index is 738. The number of benzene rings is 1. The molecule has 1 aromatic heterocycles. The van der Waals surface area contributed by atoms with Crippen molar-refractivity contribution in [2.45, 2.75) is 26.4 Å². The van der Waals surface area contributed by atoms with E-state index < -0.39 is 5.97 Å². The van der Waals surface area contributed by atoms with Gasteiger partial charge in [0, 0.05) is 21.7 Å². The first-order valence-electron chi connectivity index (χ1n) is 7.11. The molecule has 0 aliphatic rings. The molecule has 6 nitrogen and oxygen atoms in total. The number of nitrogens with zero attached hydrogens (tertiary/aromatic N) is 2. The third-order valence-corrected chi connectivity index (χ3v) is 3.68. The number of carbonyl (C=O) groups is 2. The molecule has 2 aromatic rings. The van der Waals surface area contributed by atoms with Crippen molar-refractivity contribution >= 4 is 35.1 Å². The van der Waals surface area contributed by atoms with Gasteiger partial charge in [0.2, 0.25) is 5.89 Å². The van der Waals surface area contributed by atoms with E-state index in [4.69, 9.17) is 27.6 Å². The molecule has 0 spiro atoms. The maximum Gasteiger partial charge on any atom is 0.360 e. The highest BCUT2D eigenvalue weighted by Gasteiger charge is 2.23. The molecule has 0 radical (unpaired) electrons. The minimum Gasteiger partial charge on any atom is -0.464 e. The molecular formula is C16H16Cl2N2O4. The molecule has 1 amide bonds. The first kappa shape index (κ1) is 18.3. The molecule has 128 valence electrons. The molecule has 0 unspecified atom stereocenters. The summed E-state index contributed by atoms with van der Waals surface area (Å²) in [6, 6.07) is 4.50. The zero-order valence-corrected chi connectivity index (χ0v) is 14.9. The topological polar surface area (TPSA) is 72.6 Å². The van der Waals surface area contributed by atoms with Gasteiger partial charge in [-0.2, -0.15) is 0 Å². The van der Waals surface area contributed by atoms with E-state index in [1.807, 2.05) is 13.8 Å². The minimum absolute atomic E-state index is 0.0504. The number of ether oxygens (including phenoxy) is 1. The molecule has 1 heterocycles. The lowest BCUT2D eigenvalue weighted by molar-refractivity contribution is 0.0593. The zero-order chi connectivity index (χ0) is 17.9. The van der Waals surface area contributed by atoms with Gasteiger partial charge >= 0.3 is 5.97 Å². The Hall–Kier alpha value is -2.05. The van der Waals surface area contributed by atoms with Crippen molar-refractivity contribution in [3.05, 3.63) is 51.7 Å². The van der Waals surface area contributed by atoms with Gasteiger partial charge < -0.3 is 14.1 Å². The van der Waals surface area contributed by atoms with E-state index in [2.05, 4.69) is 9.72 Å². The Morgan fingerprint density at radius 2 is 1.88 bits per heavy atom. The van der Waals surface area contributed by atoms with Crippen LogP contribution in [-0.2, 0) is 11.3 Å². The van der Waals surface area contributed by atoms with Gasteiger partial charge in [-0.25, -0.2) is 9.78 Å². The molecule has 0 saturated carbocycles. The van der Waals surface area contributed by atoms with Crippen LogP contribution in [0, 0.1) is 0 Å². The average Bonchev–Trinajstić information content (AvgIpc) is 2.98. The fraction of sp³-hybridized carbons (Fsp3) is 0.312. The summed E-state index contributed by atoms with van der Waals surface area (Å²) in [5, 5.41) is 0.748. The number of hydrogen-bond acceptors (Lipinski definition) is 5. The van der Waals surface area contributed by atoms with Crippen molar-refractivity contribution < 1.29 is 18.7 Å². The van der Waals surface area contributed by atoms with Crippen molar-refractivity contribution in [3.8, 4) is 0 Å². The maximum atomic E-state index is 12.7. The fourth-order valence-electron chi connectivity index (χ4n) is 2.06. The summed E-state index contributed by atoms with van der Waals surface area (Å²) in [6.07, 6.45) is 1.19. The third kappa shape index (κ3) is 4.27. The number of methoxy groups -OCH3 is 1. The van der Waals surface area contributed by atoms with Crippen LogP contribution in [0.2, 0.25) is 10.0 Å². The van der Waals surface area contributed by atoms with E-state index in [0.717, 1.165) is 0 Å². The van der Waals surface area contributed by atoms with Crippen LogP contribution >= 0.6 is 23.2 Å². The van der Waals surface area contributed by atoms with Crippen LogP contribution in [0.15, 0.2) is 28.9 Å². The Kier molecular flexibility index (Phi) is 5.85. The highest BCUT2D eigenvalue weighted by molar-refractivity contribution is 6.35. The second-order valence-electron chi connectivity index (χ2n) is 5.30. The number of carbonyl (C=O) groups excluding carboxylic acids is 2. The number of rotatable bonds is 5. The van der Waals surface area contributed by atoms with Crippen molar-refractivity contribution in [3.63, 3.8) is 0 Å². The van der Waals surface area contributed by atoms with Gasteiger partial charge in [-0.15, -0.1) is 0 Å². The molecule has 0 atom stereocenters. The van der Waals surface area contributed by atoms with E-state index in [1.54, 1.807) is 18.2 Å². The summed E-state index contributed by atoms with van der Waals surface area (Å²) in [6.45, 7) is 3.81. The highest BCUT2D eigenvalue weighted by atomic mass is 35.5. The first-order chi connectivity index (χ1) is 11.3. The number of hydrogen-bond donors (Lipinski definition) is 0. The molecule has 24 heavy (non-hydrogen) atoms. The van der Waals surface area contributed by atoms with Crippen molar-refractivity contribution in [1.29, 1.82) is 0 Å². The monoisotopic (exact) mass is 370 g/mol. The summed E-state index contributed by atoms with van der Waals surface area (Å²) in [7, 11) is 1.25. The van der Waals surface area contributed by atoms with Crippen LogP contribution in [0.4, 0.5) is 0 Å². The number of esters is 1. The molecule has 2 rings (SSSR count). The number of halogens is 2. The Morgan fingerprint density at radius 3 is 2.42 bits per heavy atom. The molecule has 0 aliphatic carbocycles. The molecule has 0 fully saturated rings. The predicted molar refractivity (Wildman–Crippen MR) is 89.3 cm³/mol. The van der Waals surface area contributed by atoms with Crippen LogP contribution in [-0.4, -0.2) is 34.9 Å². The summed E-state index contributed by atoms with van der Waals surface area (Å²) in [5.41, 5.74) is 0.412. The Balaban J connectivity index is 2.24. The predicted octanol–water partition coefficient (Wildman–Crippen LogP) is 3.82. The van der Waals surface area contributed by atoms with Crippen LogP contribution in [0.25, 0.3) is 0 Å². The van der Waals surface area contributed by atoms with Crippen LogP contribution < -0.4 is 0 Å². The van der Waals surface area contributed by atoms with Gasteiger partial charge in [0.05, 0.1) is 13.7 Å². The quantitative estimate of drug-likeness (QED) is 0.748. The fourth-order valence-corrected chi connectivity index (χ4v) is 2.59. The maximum absolute atomic E-state index is 12.7. The van der Waals surface area contributed by atoms with Gasteiger partial charge in [0.25, 0.3) is 5.91 Å². The number of aromatic nitrogens is 1. The Morgan fingerprint density at radius 1 is 1.25 bits per heavy atom. The van der Waals surface area contributed by atoms with Gasteiger partial charge in [0.15, 0.2) is 5.69 Å². The summed E-state index contributed by atoms with van der Waals surface area (Å²) in [5.74, 6) is -0.646. The molecule has 0 N–H and O–H groups in total. The largest absolute Gasteiger partial charge is 0.464 e. The normalized spacial score (nSPS) is 10.8. The highest BCUT2D eigenvalue weighted by Crippen LogP contribution is 2.22. The lowest BCUT2D eigenvalue weighted by Gasteiger charge is -2.25. The summed E-state index contributed by atoms with van der Waals surface area (Å²) in [4.78, 5) is 29.7. The van der Waals surface area contributed by atoms with Gasteiger partial charge in [-0.1, -0.05) is 23.2 Å². The van der Waals surface area contributed by atoms with E-state index >= 15 is 0 Å². The van der Waals surface area contributed by atoms with Crippen molar-refractivity contribution in [2.75, 3.05) is 7.11 Å². The van der Waals surface area contributed by atoms with Gasteiger partial charge in [-0.3, -0.25) is 4.79 Å². The van der Waals surface area contributed by atoms with E-state index in [0.29, 0.717) is 15.6 Å². The average molecular weight is 371 g/mol. The van der Waals surface area contributed by atoms with E-state index in [-0.39, 0.29) is 30.1 Å². The number of amides is 1. The lowest BCUT2D eigenvalue weighted by atomic mass is 10.1. The molecular weight excluding hydrogens is 355 g/mol. The SMILES string of the molecule is COC(=O)c1coc(CN(C(=O)c2cc(Cl)cc(Cl)c2)C(C)C)n1. The van der Waals surface area contributed by atoms with Crippen molar-refractivity contribution in [2.24, 2.45) is 0 Å². The van der Waals surface area contributed by atoms with E-state index in [1.165, 1.54) is 18.3 Å². The standard InChI is InChI=1S/C16H16Cl2N2O4/c1-9(2)20(7-14-19-13(8-24-14)16(22)23-3)15(21)10-4-11(17)6-12(18)5-10/h4-6,8-9H,7H2,1-3H3. The molecule has 0 aliphatic heterocycles. The molecule has 0 bridgehead atoms. The third-order valence-electron chi connectivity index (χ3n) is 3.25. The van der Waals surface area contributed by atoms with Gasteiger partial charge in [0.1, 0.15) is 6.26 Å². The van der Waals surface area contributed by atoms with Crippen molar-refractivity contribution in [1.82, 2.24) is 9.88 Å². The summed E-state index contributed by atoms with van der Waals surface area (Å²) >= 11 is 11.9. The summed E-state index contributed by atoms with van der Waals surface area (Å²) < 4.78 is 9.82. The second kappa shape index (κ2) is 7.68.